The molecule has 0 radical (unpaired) electrons. The van der Waals surface area contributed by atoms with Gasteiger partial charge in [0.1, 0.15) is 0 Å². The minimum atomic E-state index is 0.0794. The van der Waals surface area contributed by atoms with Crippen LogP contribution in [0.25, 0.3) is 0 Å². The van der Waals surface area contributed by atoms with Gasteiger partial charge in [-0.2, -0.15) is 0 Å². The van der Waals surface area contributed by atoms with Crippen molar-refractivity contribution in [2.75, 3.05) is 26.4 Å². The Hall–Kier alpha value is -0.120. The molecule has 0 aromatic carbocycles. The molecule has 0 fully saturated rings. The minimum absolute atomic E-state index is 0.0794. The van der Waals surface area contributed by atoms with E-state index < -0.39 is 0 Å². The lowest BCUT2D eigenvalue weighted by atomic mass is 10.1. The van der Waals surface area contributed by atoms with E-state index in [2.05, 4.69) is 13.8 Å². The van der Waals surface area contributed by atoms with E-state index in [0.717, 1.165) is 19.6 Å². The van der Waals surface area contributed by atoms with Crippen molar-refractivity contribution < 1.29 is 9.47 Å². The summed E-state index contributed by atoms with van der Waals surface area (Å²) < 4.78 is 11.5. The highest BCUT2D eigenvalue weighted by Gasteiger charge is 2.06. The van der Waals surface area contributed by atoms with Crippen LogP contribution >= 0.6 is 0 Å². The molecule has 0 aliphatic carbocycles. The third-order valence-corrected chi connectivity index (χ3v) is 4.06. The quantitative estimate of drug-likeness (QED) is 0.359. The second kappa shape index (κ2) is 18.9. The molecule has 134 valence electrons. The van der Waals surface area contributed by atoms with Gasteiger partial charge in [-0.1, -0.05) is 78.1 Å². The molecule has 22 heavy (non-hydrogen) atoms. The van der Waals surface area contributed by atoms with Gasteiger partial charge in [0.2, 0.25) is 0 Å². The molecule has 0 rings (SSSR count). The van der Waals surface area contributed by atoms with Crippen molar-refractivity contribution in [1.29, 1.82) is 0 Å². The van der Waals surface area contributed by atoms with E-state index in [1.165, 1.54) is 70.6 Å². The number of unbranched alkanes of at least 4 members (excludes halogenated alkanes) is 10. The SMILES string of the molecule is CCCCCCCCOCC(CN)OCCCCCCCC. The second-order valence-electron chi connectivity index (χ2n) is 6.34. The van der Waals surface area contributed by atoms with Crippen LogP contribution in [0.5, 0.6) is 0 Å². The van der Waals surface area contributed by atoms with Crippen LogP contribution < -0.4 is 5.73 Å². The molecule has 1 unspecified atom stereocenters. The summed E-state index contributed by atoms with van der Waals surface area (Å²) in [5, 5.41) is 0. The zero-order valence-electron chi connectivity index (χ0n) is 15.3. The molecular weight excluding hydrogens is 274 g/mol. The molecule has 0 aliphatic heterocycles. The Morgan fingerprint density at radius 2 is 1.18 bits per heavy atom. The lowest BCUT2D eigenvalue weighted by Crippen LogP contribution is -2.29. The van der Waals surface area contributed by atoms with Crippen LogP contribution in [0.15, 0.2) is 0 Å². The normalized spacial score (nSPS) is 12.7. The summed E-state index contributed by atoms with van der Waals surface area (Å²) in [6, 6.07) is 0. The van der Waals surface area contributed by atoms with Crippen LogP contribution in [-0.2, 0) is 9.47 Å². The predicted molar refractivity (Wildman–Crippen MR) is 96.4 cm³/mol. The highest BCUT2D eigenvalue weighted by Crippen LogP contribution is 2.07. The fourth-order valence-electron chi connectivity index (χ4n) is 2.52. The number of nitrogens with two attached hydrogens (primary N) is 1. The van der Waals surface area contributed by atoms with Crippen LogP contribution in [0.4, 0.5) is 0 Å². The minimum Gasteiger partial charge on any atom is -0.379 e. The lowest BCUT2D eigenvalue weighted by molar-refractivity contribution is -0.0136. The third-order valence-electron chi connectivity index (χ3n) is 4.06. The number of hydrogen-bond acceptors (Lipinski definition) is 3. The Balaban J connectivity index is 3.29. The molecule has 0 bridgehead atoms. The first-order valence-corrected chi connectivity index (χ1v) is 9.74. The van der Waals surface area contributed by atoms with Gasteiger partial charge in [0.25, 0.3) is 0 Å². The summed E-state index contributed by atoms with van der Waals surface area (Å²) >= 11 is 0. The summed E-state index contributed by atoms with van der Waals surface area (Å²) in [5.74, 6) is 0. The van der Waals surface area contributed by atoms with Crippen LogP contribution in [0.2, 0.25) is 0 Å². The van der Waals surface area contributed by atoms with Crippen LogP contribution in [0.1, 0.15) is 90.9 Å². The molecule has 3 nitrogen and oxygen atoms in total. The summed E-state index contributed by atoms with van der Waals surface area (Å²) in [5.41, 5.74) is 5.74. The zero-order chi connectivity index (χ0) is 16.3. The topological polar surface area (TPSA) is 44.5 Å². The van der Waals surface area contributed by atoms with E-state index in [1.54, 1.807) is 0 Å². The van der Waals surface area contributed by atoms with Crippen molar-refractivity contribution in [3.8, 4) is 0 Å². The highest BCUT2D eigenvalue weighted by molar-refractivity contribution is 4.57. The molecule has 1 atom stereocenters. The van der Waals surface area contributed by atoms with Gasteiger partial charge in [-0.25, -0.2) is 0 Å². The van der Waals surface area contributed by atoms with Crippen LogP contribution in [0.3, 0.4) is 0 Å². The smallest absolute Gasteiger partial charge is 0.0930 e. The van der Waals surface area contributed by atoms with Crippen molar-refractivity contribution >= 4 is 0 Å². The first-order valence-electron chi connectivity index (χ1n) is 9.74. The first-order chi connectivity index (χ1) is 10.8. The van der Waals surface area contributed by atoms with Crippen molar-refractivity contribution in [3.05, 3.63) is 0 Å². The fourth-order valence-corrected chi connectivity index (χ4v) is 2.52. The maximum absolute atomic E-state index is 5.81. The molecule has 0 amide bonds. The fraction of sp³-hybridized carbons (Fsp3) is 1.00. The largest absolute Gasteiger partial charge is 0.379 e. The molecule has 3 heteroatoms. The molecule has 2 N–H and O–H groups in total. The average molecular weight is 316 g/mol. The Morgan fingerprint density at radius 3 is 1.73 bits per heavy atom. The third kappa shape index (κ3) is 16.3. The van der Waals surface area contributed by atoms with Crippen molar-refractivity contribution in [3.63, 3.8) is 0 Å². The summed E-state index contributed by atoms with van der Waals surface area (Å²) in [6.45, 7) is 7.40. The van der Waals surface area contributed by atoms with E-state index in [1.807, 2.05) is 0 Å². The van der Waals surface area contributed by atoms with Crippen LogP contribution in [0, 0.1) is 0 Å². The van der Waals surface area contributed by atoms with Crippen molar-refractivity contribution in [2.24, 2.45) is 5.73 Å². The summed E-state index contributed by atoms with van der Waals surface area (Å²) in [4.78, 5) is 0. The first kappa shape index (κ1) is 21.9. The monoisotopic (exact) mass is 315 g/mol. The number of hydrogen-bond donors (Lipinski definition) is 1. The van der Waals surface area contributed by atoms with E-state index in [9.17, 15) is 0 Å². The standard InChI is InChI=1S/C19H41NO2/c1-3-5-7-9-11-13-15-21-18-19(17-20)22-16-14-12-10-8-6-4-2/h19H,3-18,20H2,1-2H3. The molecule has 0 aromatic rings. The van der Waals surface area contributed by atoms with Gasteiger partial charge in [0.15, 0.2) is 0 Å². The highest BCUT2D eigenvalue weighted by atomic mass is 16.5. The van der Waals surface area contributed by atoms with Gasteiger partial charge in [-0.3, -0.25) is 0 Å². The molecule has 0 spiro atoms. The summed E-state index contributed by atoms with van der Waals surface area (Å²) in [7, 11) is 0. The van der Waals surface area contributed by atoms with Crippen molar-refractivity contribution in [1.82, 2.24) is 0 Å². The Labute approximate surface area is 139 Å². The zero-order valence-corrected chi connectivity index (χ0v) is 15.3. The maximum atomic E-state index is 5.81. The number of ether oxygens (including phenoxy) is 2. The lowest BCUT2D eigenvalue weighted by Gasteiger charge is -2.16. The Bertz CT molecular complexity index is 200. The van der Waals surface area contributed by atoms with E-state index in [4.69, 9.17) is 15.2 Å². The predicted octanol–water partition coefficient (Wildman–Crippen LogP) is 5.07. The van der Waals surface area contributed by atoms with Gasteiger partial charge in [0, 0.05) is 19.8 Å². The molecule has 0 aromatic heterocycles. The average Bonchev–Trinajstić information content (AvgIpc) is 2.54. The molecule has 0 heterocycles. The van der Waals surface area contributed by atoms with Gasteiger partial charge < -0.3 is 15.2 Å². The van der Waals surface area contributed by atoms with E-state index >= 15 is 0 Å². The molecule has 0 saturated heterocycles. The Kier molecular flexibility index (Phi) is 18.8. The molecule has 0 aliphatic rings. The van der Waals surface area contributed by atoms with E-state index in [0.29, 0.717) is 13.2 Å². The van der Waals surface area contributed by atoms with Crippen molar-refractivity contribution in [2.45, 2.75) is 97.0 Å². The van der Waals surface area contributed by atoms with Gasteiger partial charge in [-0.05, 0) is 12.8 Å². The van der Waals surface area contributed by atoms with E-state index in [-0.39, 0.29) is 6.10 Å². The number of rotatable bonds is 18. The molecular formula is C19H41NO2. The van der Waals surface area contributed by atoms with Crippen LogP contribution in [-0.4, -0.2) is 32.5 Å². The summed E-state index contributed by atoms with van der Waals surface area (Å²) in [6.07, 6.45) is 15.7. The Morgan fingerprint density at radius 1 is 0.682 bits per heavy atom. The van der Waals surface area contributed by atoms with Gasteiger partial charge >= 0.3 is 0 Å². The molecule has 0 saturated carbocycles. The second-order valence-corrected chi connectivity index (χ2v) is 6.34. The van der Waals surface area contributed by atoms with Gasteiger partial charge in [-0.15, -0.1) is 0 Å². The van der Waals surface area contributed by atoms with Gasteiger partial charge in [0.05, 0.1) is 12.7 Å². The maximum Gasteiger partial charge on any atom is 0.0930 e.